The third-order valence-corrected chi connectivity index (χ3v) is 2.20. The highest BCUT2D eigenvalue weighted by Gasteiger charge is 1.99. The summed E-state index contributed by atoms with van der Waals surface area (Å²) in [5, 5.41) is 9.24. The van der Waals surface area contributed by atoms with Crippen LogP contribution >= 0.6 is 0 Å². The molecule has 0 unspecified atom stereocenters. The highest BCUT2D eigenvalue weighted by Crippen LogP contribution is 2.14. The molecule has 0 N–H and O–H groups in total. The summed E-state index contributed by atoms with van der Waals surface area (Å²) in [5.41, 5.74) is 1.64. The zero-order valence-corrected chi connectivity index (χ0v) is 8.07. The van der Waals surface area contributed by atoms with Crippen LogP contribution in [-0.2, 0) is 6.42 Å². The van der Waals surface area contributed by atoms with Crippen LogP contribution in [0.15, 0.2) is 30.3 Å². The van der Waals surface area contributed by atoms with E-state index in [1.165, 1.54) is 12.1 Å². The molecule has 0 aliphatic rings. The zero-order chi connectivity index (χ0) is 10.7. The highest BCUT2D eigenvalue weighted by atomic mass is 19.1. The first-order chi connectivity index (χ1) is 7.29. The number of pyridine rings is 1. The summed E-state index contributed by atoms with van der Waals surface area (Å²) >= 11 is 0. The molecule has 0 radical (unpaired) electrons. The maximum absolute atomic E-state index is 12.9. The zero-order valence-electron chi connectivity index (χ0n) is 8.07. The van der Waals surface area contributed by atoms with Crippen LogP contribution in [0.25, 0.3) is 10.9 Å². The second kappa shape index (κ2) is 4.05. The maximum atomic E-state index is 12.9. The van der Waals surface area contributed by atoms with Crippen LogP contribution in [0.4, 0.5) is 4.39 Å². The van der Waals surface area contributed by atoms with E-state index >= 15 is 0 Å². The average molecular weight is 200 g/mol. The number of aromatic nitrogens is 1. The van der Waals surface area contributed by atoms with Gasteiger partial charge in [0.2, 0.25) is 0 Å². The fraction of sp³-hybridized carbons (Fsp3) is 0.167. The van der Waals surface area contributed by atoms with Gasteiger partial charge in [0, 0.05) is 23.9 Å². The van der Waals surface area contributed by atoms with E-state index in [2.05, 4.69) is 11.1 Å². The van der Waals surface area contributed by atoms with Crippen LogP contribution in [-0.4, -0.2) is 4.98 Å². The van der Waals surface area contributed by atoms with Crippen LogP contribution < -0.4 is 0 Å². The van der Waals surface area contributed by atoms with Gasteiger partial charge in [-0.1, -0.05) is 6.07 Å². The number of nitriles is 1. The van der Waals surface area contributed by atoms with Gasteiger partial charge in [0.1, 0.15) is 5.82 Å². The molecule has 0 aliphatic carbocycles. The van der Waals surface area contributed by atoms with Gasteiger partial charge in [-0.2, -0.15) is 5.26 Å². The second-order valence-corrected chi connectivity index (χ2v) is 3.30. The summed E-state index contributed by atoms with van der Waals surface area (Å²) in [5.74, 6) is -0.255. The SMILES string of the molecule is N#CCCc1ccc2cc(F)ccc2n1. The summed E-state index contributed by atoms with van der Waals surface area (Å²) in [7, 11) is 0. The number of hydrogen-bond acceptors (Lipinski definition) is 2. The number of halogens is 1. The van der Waals surface area contributed by atoms with E-state index in [9.17, 15) is 4.39 Å². The Bertz CT molecular complexity index is 529. The van der Waals surface area contributed by atoms with Gasteiger partial charge in [0.15, 0.2) is 0 Å². The lowest BCUT2D eigenvalue weighted by molar-refractivity contribution is 0.629. The van der Waals surface area contributed by atoms with E-state index in [-0.39, 0.29) is 5.82 Å². The third kappa shape index (κ3) is 2.10. The molecule has 0 spiro atoms. The molecule has 0 saturated carbocycles. The Morgan fingerprint density at radius 3 is 2.93 bits per heavy atom. The van der Waals surface area contributed by atoms with Crippen LogP contribution in [0.5, 0.6) is 0 Å². The molecule has 0 atom stereocenters. The van der Waals surface area contributed by atoms with E-state index in [0.29, 0.717) is 12.8 Å². The fourth-order valence-corrected chi connectivity index (χ4v) is 1.46. The van der Waals surface area contributed by atoms with E-state index in [1.54, 1.807) is 6.07 Å². The predicted octanol–water partition coefficient (Wildman–Crippen LogP) is 2.83. The van der Waals surface area contributed by atoms with Crippen LogP contribution in [0.2, 0.25) is 0 Å². The standard InChI is InChI=1S/C12H9FN2/c13-10-4-6-12-9(8-10)3-5-11(15-12)2-1-7-14/h3-6,8H,1-2H2. The largest absolute Gasteiger partial charge is 0.253 e. The van der Waals surface area contributed by atoms with Crippen molar-refractivity contribution >= 4 is 10.9 Å². The fourth-order valence-electron chi connectivity index (χ4n) is 1.46. The minimum absolute atomic E-state index is 0.255. The van der Waals surface area contributed by atoms with Gasteiger partial charge in [-0.3, -0.25) is 4.98 Å². The summed E-state index contributed by atoms with van der Waals surface area (Å²) in [4.78, 5) is 4.34. The van der Waals surface area contributed by atoms with Crippen molar-refractivity contribution in [2.75, 3.05) is 0 Å². The minimum atomic E-state index is -0.255. The second-order valence-electron chi connectivity index (χ2n) is 3.30. The third-order valence-electron chi connectivity index (χ3n) is 2.20. The number of fused-ring (bicyclic) bond motifs is 1. The van der Waals surface area contributed by atoms with Crippen molar-refractivity contribution in [3.63, 3.8) is 0 Å². The first-order valence-electron chi connectivity index (χ1n) is 4.72. The van der Waals surface area contributed by atoms with E-state index in [0.717, 1.165) is 16.6 Å². The number of benzene rings is 1. The van der Waals surface area contributed by atoms with Gasteiger partial charge in [0.05, 0.1) is 11.6 Å². The summed E-state index contributed by atoms with van der Waals surface area (Å²) in [6, 6.07) is 10.2. The smallest absolute Gasteiger partial charge is 0.123 e. The lowest BCUT2D eigenvalue weighted by Gasteiger charge is -2.00. The molecule has 3 heteroatoms. The minimum Gasteiger partial charge on any atom is -0.253 e. The number of nitrogens with zero attached hydrogens (tertiary/aromatic N) is 2. The van der Waals surface area contributed by atoms with Gasteiger partial charge in [0.25, 0.3) is 0 Å². The molecule has 0 aliphatic heterocycles. The molecule has 74 valence electrons. The first kappa shape index (κ1) is 9.60. The Labute approximate surface area is 87.0 Å². The van der Waals surface area contributed by atoms with Crippen molar-refractivity contribution < 1.29 is 4.39 Å². The molecule has 1 aromatic carbocycles. The van der Waals surface area contributed by atoms with Gasteiger partial charge < -0.3 is 0 Å². The molecule has 2 nitrogen and oxygen atoms in total. The predicted molar refractivity (Wildman–Crippen MR) is 55.6 cm³/mol. The Hall–Kier alpha value is -1.95. The lowest BCUT2D eigenvalue weighted by Crippen LogP contribution is -1.90. The van der Waals surface area contributed by atoms with Gasteiger partial charge >= 0.3 is 0 Å². The lowest BCUT2D eigenvalue weighted by atomic mass is 10.1. The van der Waals surface area contributed by atoms with E-state index < -0.39 is 0 Å². The van der Waals surface area contributed by atoms with Gasteiger partial charge in [-0.25, -0.2) is 4.39 Å². The van der Waals surface area contributed by atoms with Gasteiger partial charge in [-0.15, -0.1) is 0 Å². The van der Waals surface area contributed by atoms with E-state index in [4.69, 9.17) is 5.26 Å². The normalized spacial score (nSPS) is 10.1. The molecule has 0 amide bonds. The molecule has 1 aromatic heterocycles. The molecular weight excluding hydrogens is 191 g/mol. The maximum Gasteiger partial charge on any atom is 0.123 e. The number of aryl methyl sites for hydroxylation is 1. The summed E-state index contributed by atoms with van der Waals surface area (Å²) in [6.07, 6.45) is 1.10. The van der Waals surface area contributed by atoms with Crippen molar-refractivity contribution in [1.29, 1.82) is 5.26 Å². The molecule has 15 heavy (non-hydrogen) atoms. The van der Waals surface area contributed by atoms with Gasteiger partial charge in [-0.05, 0) is 24.3 Å². The first-order valence-corrected chi connectivity index (χ1v) is 4.72. The highest BCUT2D eigenvalue weighted by molar-refractivity contribution is 5.78. The number of hydrogen-bond donors (Lipinski definition) is 0. The summed E-state index contributed by atoms with van der Waals surface area (Å²) < 4.78 is 12.9. The molecule has 2 aromatic rings. The Morgan fingerprint density at radius 1 is 1.27 bits per heavy atom. The van der Waals surface area contributed by atoms with Crippen molar-refractivity contribution in [1.82, 2.24) is 4.98 Å². The van der Waals surface area contributed by atoms with Crippen LogP contribution in [0.3, 0.4) is 0 Å². The molecule has 1 heterocycles. The Balaban J connectivity index is 2.40. The average Bonchev–Trinajstić information content (AvgIpc) is 2.26. The molecule has 0 fully saturated rings. The van der Waals surface area contributed by atoms with Crippen molar-refractivity contribution in [3.8, 4) is 6.07 Å². The Morgan fingerprint density at radius 2 is 2.13 bits per heavy atom. The van der Waals surface area contributed by atoms with Crippen molar-refractivity contribution in [2.45, 2.75) is 12.8 Å². The van der Waals surface area contributed by atoms with Crippen molar-refractivity contribution in [2.24, 2.45) is 0 Å². The Kier molecular flexibility index (Phi) is 2.59. The van der Waals surface area contributed by atoms with Crippen molar-refractivity contribution in [3.05, 3.63) is 41.8 Å². The van der Waals surface area contributed by atoms with Crippen LogP contribution in [0.1, 0.15) is 12.1 Å². The monoisotopic (exact) mass is 200 g/mol. The molecule has 0 bridgehead atoms. The molecule has 2 rings (SSSR count). The topological polar surface area (TPSA) is 36.7 Å². The van der Waals surface area contributed by atoms with E-state index in [1.807, 2.05) is 12.1 Å². The van der Waals surface area contributed by atoms with Crippen LogP contribution in [0, 0.1) is 17.1 Å². The molecular formula is C12H9FN2. The molecule has 0 saturated heterocycles. The quantitative estimate of drug-likeness (QED) is 0.747. The number of rotatable bonds is 2. The summed E-state index contributed by atoms with van der Waals surface area (Å²) in [6.45, 7) is 0.